The molecule has 30 heavy (non-hydrogen) atoms. The molecule has 1 spiro atoms. The maximum absolute atomic E-state index is 13.4. The van der Waals surface area contributed by atoms with Gasteiger partial charge >= 0.3 is 5.72 Å². The Labute approximate surface area is 186 Å². The van der Waals surface area contributed by atoms with E-state index in [9.17, 15) is 4.79 Å². The van der Waals surface area contributed by atoms with Crippen LogP contribution in [0.1, 0.15) is 29.2 Å². The highest BCUT2D eigenvalue weighted by molar-refractivity contribution is 9.10. The summed E-state index contributed by atoms with van der Waals surface area (Å²) in [5.74, 6) is 0.441. The molecule has 0 aromatic heterocycles. The van der Waals surface area contributed by atoms with Crippen molar-refractivity contribution < 1.29 is 9.53 Å². The number of fused-ring (bicyclic) bond motifs is 6. The van der Waals surface area contributed by atoms with E-state index < -0.39 is 5.72 Å². The van der Waals surface area contributed by atoms with E-state index in [0.29, 0.717) is 17.2 Å². The minimum atomic E-state index is -1.37. The fourth-order valence-electron chi connectivity index (χ4n) is 4.52. The standard InChI is InChI=1S/C23H15BrClN3O2/c24-13-9-10-18-16(11-13)23(22(29)26-18)28-20(15-6-2-4-8-21(15)30-23)12-19(27-28)14-5-1-3-7-17(14)25/h1-11,20H,12H2,(H,26,29). The van der Waals surface area contributed by atoms with Gasteiger partial charge in [-0.25, -0.2) is 5.01 Å². The number of para-hydroxylation sites is 1. The number of benzene rings is 3. The summed E-state index contributed by atoms with van der Waals surface area (Å²) in [6.07, 6.45) is 0.627. The summed E-state index contributed by atoms with van der Waals surface area (Å²) in [4.78, 5) is 13.4. The highest BCUT2D eigenvalue weighted by Crippen LogP contribution is 2.54. The van der Waals surface area contributed by atoms with E-state index >= 15 is 0 Å². The number of ether oxygens (including phenoxy) is 1. The largest absolute Gasteiger partial charge is 0.453 e. The summed E-state index contributed by atoms with van der Waals surface area (Å²) >= 11 is 10.00. The normalized spacial score (nSPS) is 23.4. The lowest BCUT2D eigenvalue weighted by Crippen LogP contribution is -2.55. The Balaban J connectivity index is 1.60. The number of nitrogens with zero attached hydrogens (tertiary/aromatic N) is 2. The van der Waals surface area contributed by atoms with Crippen LogP contribution in [-0.4, -0.2) is 16.6 Å². The van der Waals surface area contributed by atoms with Crippen LogP contribution in [0.3, 0.4) is 0 Å². The molecule has 0 saturated heterocycles. The van der Waals surface area contributed by atoms with Crippen LogP contribution < -0.4 is 10.1 Å². The second kappa shape index (κ2) is 6.33. The van der Waals surface area contributed by atoms with E-state index in [1.165, 1.54) is 0 Å². The van der Waals surface area contributed by atoms with Gasteiger partial charge in [-0.05, 0) is 30.3 Å². The van der Waals surface area contributed by atoms with Crippen molar-refractivity contribution in [3.05, 3.63) is 92.9 Å². The third-order valence-corrected chi connectivity index (χ3v) is 6.68. The first kappa shape index (κ1) is 18.0. The molecule has 3 aliphatic heterocycles. The van der Waals surface area contributed by atoms with Gasteiger partial charge in [0, 0.05) is 27.0 Å². The average molecular weight is 481 g/mol. The smallest absolute Gasteiger partial charge is 0.306 e. The van der Waals surface area contributed by atoms with E-state index in [1.807, 2.05) is 71.7 Å². The fourth-order valence-corrected chi connectivity index (χ4v) is 5.13. The molecular formula is C23H15BrClN3O2. The van der Waals surface area contributed by atoms with Gasteiger partial charge in [-0.15, -0.1) is 0 Å². The van der Waals surface area contributed by atoms with Crippen molar-refractivity contribution in [2.24, 2.45) is 5.10 Å². The lowest BCUT2D eigenvalue weighted by atomic mass is 9.92. The summed E-state index contributed by atoms with van der Waals surface area (Å²) in [5.41, 5.74) is 2.80. The predicted octanol–water partition coefficient (Wildman–Crippen LogP) is 5.45. The zero-order valence-corrected chi connectivity index (χ0v) is 17.9. The third-order valence-electron chi connectivity index (χ3n) is 5.86. The molecule has 3 aliphatic rings. The van der Waals surface area contributed by atoms with Gasteiger partial charge in [-0.3, -0.25) is 4.79 Å². The molecule has 0 saturated carbocycles. The number of nitrogens with one attached hydrogen (secondary N) is 1. The maximum Gasteiger partial charge on any atom is 0.306 e. The predicted molar refractivity (Wildman–Crippen MR) is 119 cm³/mol. The van der Waals surface area contributed by atoms with Crippen LogP contribution in [0.15, 0.2) is 76.3 Å². The van der Waals surface area contributed by atoms with Crippen LogP contribution in [0.25, 0.3) is 0 Å². The lowest BCUT2D eigenvalue weighted by molar-refractivity contribution is -0.161. The molecule has 3 aromatic rings. The molecule has 0 aliphatic carbocycles. The van der Waals surface area contributed by atoms with E-state index in [1.54, 1.807) is 0 Å². The van der Waals surface area contributed by atoms with Gasteiger partial charge in [0.2, 0.25) is 0 Å². The average Bonchev–Trinajstić information content (AvgIpc) is 3.30. The van der Waals surface area contributed by atoms with Crippen LogP contribution in [0.4, 0.5) is 5.69 Å². The summed E-state index contributed by atoms with van der Waals surface area (Å²) in [6, 6.07) is 21.0. The topological polar surface area (TPSA) is 53.9 Å². The van der Waals surface area contributed by atoms with Gasteiger partial charge in [0.25, 0.3) is 5.91 Å². The fraction of sp³-hybridized carbons (Fsp3) is 0.130. The SMILES string of the molecule is O=C1Nc2ccc(Br)cc2C12Oc1ccccc1C1CC(c3ccccc3Cl)=NN12. The molecule has 7 heteroatoms. The van der Waals surface area contributed by atoms with Crippen molar-refractivity contribution in [2.75, 3.05) is 5.32 Å². The molecule has 0 radical (unpaired) electrons. The summed E-state index contributed by atoms with van der Waals surface area (Å²) < 4.78 is 7.32. The van der Waals surface area contributed by atoms with Crippen LogP contribution in [-0.2, 0) is 10.5 Å². The van der Waals surface area contributed by atoms with Crippen molar-refractivity contribution >= 4 is 44.8 Å². The molecule has 6 rings (SSSR count). The van der Waals surface area contributed by atoms with Crippen LogP contribution in [0, 0.1) is 0 Å². The number of amides is 1. The molecule has 0 fully saturated rings. The highest BCUT2D eigenvalue weighted by atomic mass is 79.9. The number of hydrogen-bond donors (Lipinski definition) is 1. The number of carbonyl (C=O) groups excluding carboxylic acids is 1. The van der Waals surface area contributed by atoms with Crippen LogP contribution in [0.2, 0.25) is 5.02 Å². The minimum Gasteiger partial charge on any atom is -0.453 e. The van der Waals surface area contributed by atoms with Crippen molar-refractivity contribution in [2.45, 2.75) is 18.2 Å². The Morgan fingerprint density at radius 3 is 2.80 bits per heavy atom. The molecule has 0 bridgehead atoms. The molecule has 148 valence electrons. The lowest BCUT2D eigenvalue weighted by Gasteiger charge is -2.44. The maximum atomic E-state index is 13.4. The second-order valence-corrected chi connectivity index (χ2v) is 8.84. The Hall–Kier alpha value is -2.83. The van der Waals surface area contributed by atoms with Gasteiger partial charge in [-0.2, -0.15) is 5.10 Å². The molecular weight excluding hydrogens is 466 g/mol. The molecule has 1 amide bonds. The zero-order chi connectivity index (χ0) is 20.5. The molecule has 3 aromatic carbocycles. The Kier molecular flexibility index (Phi) is 3.80. The zero-order valence-electron chi connectivity index (χ0n) is 15.6. The quantitative estimate of drug-likeness (QED) is 0.504. The van der Waals surface area contributed by atoms with Gasteiger partial charge < -0.3 is 10.1 Å². The summed E-state index contributed by atoms with van der Waals surface area (Å²) in [5, 5.41) is 10.3. The summed E-state index contributed by atoms with van der Waals surface area (Å²) in [6.45, 7) is 0. The molecule has 2 unspecified atom stereocenters. The van der Waals surface area contributed by atoms with Crippen LogP contribution >= 0.6 is 27.5 Å². The first-order valence-electron chi connectivity index (χ1n) is 9.59. The third kappa shape index (κ3) is 2.35. The molecule has 1 N–H and O–H groups in total. The van der Waals surface area contributed by atoms with Crippen molar-refractivity contribution in [3.8, 4) is 5.75 Å². The molecule has 2 atom stereocenters. The first-order valence-corrected chi connectivity index (χ1v) is 10.8. The number of anilines is 1. The number of halogens is 2. The number of rotatable bonds is 1. The monoisotopic (exact) mass is 479 g/mol. The van der Waals surface area contributed by atoms with E-state index in [-0.39, 0.29) is 11.9 Å². The van der Waals surface area contributed by atoms with Crippen molar-refractivity contribution in [1.29, 1.82) is 0 Å². The van der Waals surface area contributed by atoms with Gasteiger partial charge in [-0.1, -0.05) is 63.9 Å². The Morgan fingerprint density at radius 1 is 1.13 bits per heavy atom. The van der Waals surface area contributed by atoms with Gasteiger partial charge in [0.15, 0.2) is 0 Å². The summed E-state index contributed by atoms with van der Waals surface area (Å²) in [7, 11) is 0. The number of hydrazone groups is 1. The second-order valence-electron chi connectivity index (χ2n) is 7.52. The van der Waals surface area contributed by atoms with Gasteiger partial charge in [0.1, 0.15) is 5.75 Å². The van der Waals surface area contributed by atoms with E-state index in [4.69, 9.17) is 21.4 Å². The first-order chi connectivity index (χ1) is 14.6. The molecule has 3 heterocycles. The Morgan fingerprint density at radius 2 is 1.93 bits per heavy atom. The number of carbonyl (C=O) groups is 1. The van der Waals surface area contributed by atoms with Crippen molar-refractivity contribution in [1.82, 2.24) is 5.01 Å². The van der Waals surface area contributed by atoms with E-state index in [0.717, 1.165) is 32.6 Å². The molecule has 5 nitrogen and oxygen atoms in total. The minimum absolute atomic E-state index is 0.142. The van der Waals surface area contributed by atoms with E-state index in [2.05, 4.69) is 21.2 Å². The van der Waals surface area contributed by atoms with Gasteiger partial charge in [0.05, 0.1) is 23.0 Å². The Bertz CT molecular complexity index is 1260. The number of hydrogen-bond acceptors (Lipinski definition) is 4. The highest BCUT2D eigenvalue weighted by Gasteiger charge is 2.60. The van der Waals surface area contributed by atoms with Crippen molar-refractivity contribution in [3.63, 3.8) is 0 Å². The van der Waals surface area contributed by atoms with Crippen LogP contribution in [0.5, 0.6) is 5.75 Å².